The fraction of sp³-hybridized carbons (Fsp3) is 0.391. The highest BCUT2D eigenvalue weighted by molar-refractivity contribution is 7.93. The number of aryl methyl sites for hydroxylation is 1. The fourth-order valence-corrected chi connectivity index (χ4v) is 6.20. The number of nitrogens with zero attached hydrogens (tertiary/aromatic N) is 1. The summed E-state index contributed by atoms with van der Waals surface area (Å²) in [4.78, 5) is 26.8. The molecule has 0 unspecified atom stereocenters. The second kappa shape index (κ2) is 7.87. The SMILES string of the molecule is Cc1ccc(S(=O)(=O)C2(C(=O)NCc3ccc(N4CCCC4=O)cc3)CCC2)cc1. The lowest BCUT2D eigenvalue weighted by Gasteiger charge is -2.39. The molecular weight excluding hydrogens is 400 g/mol. The minimum atomic E-state index is -3.76. The minimum Gasteiger partial charge on any atom is -0.351 e. The molecule has 1 N–H and O–H groups in total. The second-order valence-corrected chi connectivity index (χ2v) is 10.4. The molecule has 2 aromatic carbocycles. The molecule has 1 saturated carbocycles. The first-order valence-corrected chi connectivity index (χ1v) is 11.8. The maximum Gasteiger partial charge on any atom is 0.242 e. The van der Waals surface area contributed by atoms with E-state index in [0.717, 1.165) is 36.2 Å². The normalized spacial score (nSPS) is 18.2. The van der Waals surface area contributed by atoms with Crippen molar-refractivity contribution in [3.63, 3.8) is 0 Å². The van der Waals surface area contributed by atoms with Gasteiger partial charge >= 0.3 is 0 Å². The zero-order valence-corrected chi connectivity index (χ0v) is 17.9. The van der Waals surface area contributed by atoms with Crippen LogP contribution in [0.1, 0.15) is 43.2 Å². The number of carbonyl (C=O) groups is 2. The van der Waals surface area contributed by atoms with Crippen molar-refractivity contribution in [2.75, 3.05) is 11.4 Å². The Morgan fingerprint density at radius 1 is 1.03 bits per heavy atom. The van der Waals surface area contributed by atoms with Crippen LogP contribution < -0.4 is 10.2 Å². The van der Waals surface area contributed by atoms with Gasteiger partial charge in [-0.3, -0.25) is 9.59 Å². The third-order valence-corrected chi connectivity index (χ3v) is 8.71. The maximum atomic E-state index is 13.2. The number of sulfone groups is 1. The molecule has 2 amide bonds. The number of amides is 2. The molecule has 2 fully saturated rings. The van der Waals surface area contributed by atoms with Crippen molar-refractivity contribution in [3.05, 3.63) is 59.7 Å². The number of carbonyl (C=O) groups excluding carboxylic acids is 2. The predicted octanol–water partition coefficient (Wildman–Crippen LogP) is 3.13. The maximum absolute atomic E-state index is 13.2. The smallest absolute Gasteiger partial charge is 0.242 e. The summed E-state index contributed by atoms with van der Waals surface area (Å²) in [5.74, 6) is -0.308. The third-order valence-electron chi connectivity index (χ3n) is 6.20. The van der Waals surface area contributed by atoms with Gasteiger partial charge in [-0.15, -0.1) is 0 Å². The molecule has 2 aromatic rings. The lowest BCUT2D eigenvalue weighted by atomic mass is 9.83. The monoisotopic (exact) mass is 426 g/mol. The van der Waals surface area contributed by atoms with Crippen molar-refractivity contribution in [3.8, 4) is 0 Å². The van der Waals surface area contributed by atoms with Crippen LogP contribution in [0.25, 0.3) is 0 Å². The van der Waals surface area contributed by atoms with Gasteiger partial charge in [-0.2, -0.15) is 0 Å². The molecule has 1 heterocycles. The van der Waals surface area contributed by atoms with E-state index in [1.54, 1.807) is 29.2 Å². The molecule has 0 atom stereocenters. The summed E-state index contributed by atoms with van der Waals surface area (Å²) in [5, 5.41) is 2.83. The first kappa shape index (κ1) is 20.6. The average molecular weight is 427 g/mol. The average Bonchev–Trinajstić information content (AvgIpc) is 3.12. The van der Waals surface area contributed by atoms with E-state index in [-0.39, 0.29) is 17.3 Å². The van der Waals surface area contributed by atoms with Crippen LogP contribution in [-0.2, 0) is 26.0 Å². The number of nitrogens with one attached hydrogen (secondary N) is 1. The van der Waals surface area contributed by atoms with Gasteiger partial charge in [-0.05, 0) is 62.4 Å². The number of anilines is 1. The summed E-state index contributed by atoms with van der Waals surface area (Å²) in [6, 6.07) is 14.1. The van der Waals surface area contributed by atoms with Gasteiger partial charge in [0.15, 0.2) is 14.6 Å². The molecule has 7 heteroatoms. The highest BCUT2D eigenvalue weighted by Gasteiger charge is 2.55. The van der Waals surface area contributed by atoms with Crippen LogP contribution in [-0.4, -0.2) is 31.5 Å². The first-order chi connectivity index (χ1) is 14.3. The van der Waals surface area contributed by atoms with Gasteiger partial charge in [-0.1, -0.05) is 29.8 Å². The molecule has 0 aromatic heterocycles. The van der Waals surface area contributed by atoms with Crippen LogP contribution >= 0.6 is 0 Å². The Morgan fingerprint density at radius 2 is 1.70 bits per heavy atom. The van der Waals surface area contributed by atoms with Crippen molar-refractivity contribution in [1.29, 1.82) is 0 Å². The van der Waals surface area contributed by atoms with E-state index in [9.17, 15) is 18.0 Å². The van der Waals surface area contributed by atoms with Gasteiger partial charge in [0.1, 0.15) is 0 Å². The Kier molecular flexibility index (Phi) is 5.40. The van der Waals surface area contributed by atoms with E-state index in [4.69, 9.17) is 0 Å². The molecule has 1 saturated heterocycles. The van der Waals surface area contributed by atoms with Crippen molar-refractivity contribution >= 4 is 27.3 Å². The molecule has 30 heavy (non-hydrogen) atoms. The largest absolute Gasteiger partial charge is 0.351 e. The summed E-state index contributed by atoms with van der Waals surface area (Å²) in [5.41, 5.74) is 2.69. The summed E-state index contributed by atoms with van der Waals surface area (Å²) in [7, 11) is -3.76. The van der Waals surface area contributed by atoms with E-state index in [0.29, 0.717) is 19.3 Å². The molecular formula is C23H26N2O4S. The van der Waals surface area contributed by atoms with Gasteiger partial charge in [0.05, 0.1) is 4.90 Å². The standard InChI is InChI=1S/C23H26N2O4S/c1-17-5-11-20(12-6-17)30(28,29)23(13-3-14-23)22(27)24-16-18-7-9-19(10-8-18)25-15-2-4-21(25)26/h5-12H,2-4,13-16H2,1H3,(H,24,27). The Morgan fingerprint density at radius 3 is 2.23 bits per heavy atom. The molecule has 1 aliphatic carbocycles. The molecule has 4 rings (SSSR count). The zero-order chi connectivity index (χ0) is 21.4. The second-order valence-electron chi connectivity index (χ2n) is 8.16. The zero-order valence-electron chi connectivity index (χ0n) is 17.1. The van der Waals surface area contributed by atoms with Crippen LogP contribution in [0.3, 0.4) is 0 Å². The number of rotatable bonds is 6. The van der Waals surface area contributed by atoms with Crippen LogP contribution in [0.5, 0.6) is 0 Å². The summed E-state index contributed by atoms with van der Waals surface area (Å²) in [6.45, 7) is 2.87. The Balaban J connectivity index is 1.46. The molecule has 1 aliphatic heterocycles. The Hall–Kier alpha value is -2.67. The van der Waals surface area contributed by atoms with Gasteiger partial charge in [-0.25, -0.2) is 8.42 Å². The molecule has 2 aliphatic rings. The quantitative estimate of drug-likeness (QED) is 0.769. The summed E-state index contributed by atoms with van der Waals surface area (Å²) in [6.07, 6.45) is 2.84. The molecule has 158 valence electrons. The number of hydrogen-bond donors (Lipinski definition) is 1. The van der Waals surface area contributed by atoms with Crippen LogP contribution in [0, 0.1) is 6.92 Å². The third kappa shape index (κ3) is 3.51. The highest BCUT2D eigenvalue weighted by atomic mass is 32.2. The van der Waals surface area contributed by atoms with Crippen molar-refractivity contribution in [2.45, 2.75) is 55.2 Å². The van der Waals surface area contributed by atoms with Crippen LogP contribution in [0.2, 0.25) is 0 Å². The number of hydrogen-bond acceptors (Lipinski definition) is 4. The predicted molar refractivity (Wildman–Crippen MR) is 115 cm³/mol. The fourth-order valence-electron chi connectivity index (χ4n) is 4.12. The van der Waals surface area contributed by atoms with E-state index in [1.807, 2.05) is 31.2 Å². The van der Waals surface area contributed by atoms with E-state index in [1.165, 1.54) is 0 Å². The van der Waals surface area contributed by atoms with E-state index < -0.39 is 20.5 Å². The van der Waals surface area contributed by atoms with Gasteiger partial charge < -0.3 is 10.2 Å². The van der Waals surface area contributed by atoms with Gasteiger partial charge in [0, 0.05) is 25.2 Å². The topological polar surface area (TPSA) is 83.6 Å². The molecule has 0 bridgehead atoms. The van der Waals surface area contributed by atoms with Crippen molar-refractivity contribution < 1.29 is 18.0 Å². The lowest BCUT2D eigenvalue weighted by Crippen LogP contribution is -2.56. The summed E-state index contributed by atoms with van der Waals surface area (Å²) >= 11 is 0. The van der Waals surface area contributed by atoms with E-state index in [2.05, 4.69) is 5.32 Å². The lowest BCUT2D eigenvalue weighted by molar-refractivity contribution is -0.125. The first-order valence-electron chi connectivity index (χ1n) is 10.3. The summed E-state index contributed by atoms with van der Waals surface area (Å²) < 4.78 is 25.1. The van der Waals surface area contributed by atoms with Crippen molar-refractivity contribution in [2.24, 2.45) is 0 Å². The van der Waals surface area contributed by atoms with Crippen LogP contribution in [0.15, 0.2) is 53.4 Å². The molecule has 0 radical (unpaired) electrons. The van der Waals surface area contributed by atoms with E-state index >= 15 is 0 Å². The Bertz CT molecular complexity index is 1060. The Labute approximate surface area is 177 Å². The minimum absolute atomic E-state index is 0.129. The highest BCUT2D eigenvalue weighted by Crippen LogP contribution is 2.43. The number of benzene rings is 2. The molecule has 0 spiro atoms. The van der Waals surface area contributed by atoms with Crippen molar-refractivity contribution in [1.82, 2.24) is 5.32 Å². The van der Waals surface area contributed by atoms with Gasteiger partial charge in [0.25, 0.3) is 0 Å². The van der Waals surface area contributed by atoms with Crippen LogP contribution in [0.4, 0.5) is 5.69 Å². The van der Waals surface area contributed by atoms with Gasteiger partial charge in [0.2, 0.25) is 11.8 Å². The molecule has 6 nitrogen and oxygen atoms in total.